The third-order valence-electron chi connectivity index (χ3n) is 6.39. The molecule has 1 aliphatic rings. The first-order valence-electron chi connectivity index (χ1n) is 12.1. The summed E-state index contributed by atoms with van der Waals surface area (Å²) in [5.74, 6) is 1.78. The smallest absolute Gasteiger partial charge is 0.343 e. The largest absolute Gasteiger partial charge is 0.493 e. The SMILES string of the molecule is COc1cc2nc(N3CCN(C(=O)c4ccc(OC(=O)c5ccccc5)cc4)CC3)nc(N)c2cc1OC. The van der Waals surface area contributed by atoms with Crippen LogP contribution < -0.4 is 24.8 Å². The monoisotopic (exact) mass is 513 g/mol. The Morgan fingerprint density at radius 1 is 0.816 bits per heavy atom. The van der Waals surface area contributed by atoms with Crippen molar-refractivity contribution in [2.75, 3.05) is 51.0 Å². The van der Waals surface area contributed by atoms with E-state index in [2.05, 4.69) is 9.97 Å². The molecule has 0 saturated carbocycles. The molecule has 194 valence electrons. The first-order valence-corrected chi connectivity index (χ1v) is 12.1. The summed E-state index contributed by atoms with van der Waals surface area (Å²) in [6.07, 6.45) is 0. The molecule has 5 rings (SSSR count). The van der Waals surface area contributed by atoms with E-state index in [1.807, 2.05) is 11.0 Å². The molecule has 0 bridgehead atoms. The van der Waals surface area contributed by atoms with Crippen molar-refractivity contribution < 1.29 is 23.8 Å². The highest BCUT2D eigenvalue weighted by Gasteiger charge is 2.24. The molecule has 1 aromatic heterocycles. The van der Waals surface area contributed by atoms with Gasteiger partial charge < -0.3 is 29.7 Å². The van der Waals surface area contributed by atoms with E-state index in [-0.39, 0.29) is 5.91 Å². The molecular formula is C28H27N5O5. The minimum Gasteiger partial charge on any atom is -0.493 e. The second-order valence-corrected chi connectivity index (χ2v) is 8.69. The van der Waals surface area contributed by atoms with Crippen LogP contribution in [0.4, 0.5) is 11.8 Å². The Hall–Kier alpha value is -4.86. The van der Waals surface area contributed by atoms with Crippen molar-refractivity contribution in [1.82, 2.24) is 14.9 Å². The summed E-state index contributed by atoms with van der Waals surface area (Å²) in [5, 5.41) is 0.679. The van der Waals surface area contributed by atoms with Crippen molar-refractivity contribution in [1.29, 1.82) is 0 Å². The van der Waals surface area contributed by atoms with Crippen molar-refractivity contribution in [3.8, 4) is 17.2 Å². The second-order valence-electron chi connectivity index (χ2n) is 8.69. The number of anilines is 2. The van der Waals surface area contributed by atoms with Gasteiger partial charge in [0.1, 0.15) is 11.6 Å². The van der Waals surface area contributed by atoms with Crippen molar-refractivity contribution >= 4 is 34.5 Å². The summed E-state index contributed by atoms with van der Waals surface area (Å²) in [6.45, 7) is 2.10. The normalized spacial score (nSPS) is 13.3. The maximum Gasteiger partial charge on any atom is 0.343 e. The van der Waals surface area contributed by atoms with Crippen molar-refractivity contribution in [3.63, 3.8) is 0 Å². The number of hydrogen-bond donors (Lipinski definition) is 1. The quantitative estimate of drug-likeness (QED) is 0.305. The number of methoxy groups -OCH3 is 2. The van der Waals surface area contributed by atoms with Crippen LogP contribution in [-0.4, -0.2) is 67.1 Å². The van der Waals surface area contributed by atoms with Gasteiger partial charge in [-0.15, -0.1) is 0 Å². The molecule has 0 radical (unpaired) electrons. The number of ether oxygens (including phenoxy) is 3. The van der Waals surface area contributed by atoms with Crippen LogP contribution in [0.5, 0.6) is 17.2 Å². The summed E-state index contributed by atoms with van der Waals surface area (Å²) in [7, 11) is 3.13. The zero-order valence-electron chi connectivity index (χ0n) is 21.1. The van der Waals surface area contributed by atoms with Crippen LogP contribution in [-0.2, 0) is 0 Å². The molecule has 1 amide bonds. The molecular weight excluding hydrogens is 486 g/mol. The summed E-state index contributed by atoms with van der Waals surface area (Å²) < 4.78 is 16.1. The zero-order chi connectivity index (χ0) is 26.6. The number of piperazine rings is 1. The lowest BCUT2D eigenvalue weighted by Crippen LogP contribution is -2.49. The Labute approximate surface area is 219 Å². The Kier molecular flexibility index (Phi) is 6.94. The second kappa shape index (κ2) is 10.6. The van der Waals surface area contributed by atoms with Crippen LogP contribution in [0.2, 0.25) is 0 Å². The third-order valence-corrected chi connectivity index (χ3v) is 6.39. The number of hydrogen-bond acceptors (Lipinski definition) is 9. The highest BCUT2D eigenvalue weighted by Crippen LogP contribution is 2.34. The van der Waals surface area contributed by atoms with Crippen LogP contribution in [0.1, 0.15) is 20.7 Å². The maximum atomic E-state index is 13.1. The van der Waals surface area contributed by atoms with E-state index in [0.717, 1.165) is 0 Å². The number of carbonyl (C=O) groups is 2. The number of benzene rings is 3. The number of esters is 1. The number of carbonyl (C=O) groups excluding carboxylic acids is 2. The van der Waals surface area contributed by atoms with E-state index in [0.29, 0.717) is 77.2 Å². The molecule has 1 saturated heterocycles. The fourth-order valence-electron chi connectivity index (χ4n) is 4.31. The summed E-state index contributed by atoms with van der Waals surface area (Å²) >= 11 is 0. The van der Waals surface area contributed by atoms with E-state index in [1.165, 1.54) is 0 Å². The fraction of sp³-hybridized carbons (Fsp3) is 0.214. The Balaban J connectivity index is 1.23. The molecule has 3 aromatic carbocycles. The van der Waals surface area contributed by atoms with Crippen molar-refractivity contribution in [3.05, 3.63) is 77.9 Å². The molecule has 2 heterocycles. The molecule has 10 heteroatoms. The number of fused-ring (bicyclic) bond motifs is 1. The van der Waals surface area contributed by atoms with Gasteiger partial charge in [-0.25, -0.2) is 9.78 Å². The number of aromatic nitrogens is 2. The van der Waals surface area contributed by atoms with Gasteiger partial charge in [-0.05, 0) is 42.5 Å². The lowest BCUT2D eigenvalue weighted by molar-refractivity contribution is 0.0734. The van der Waals surface area contributed by atoms with Gasteiger partial charge in [-0.1, -0.05) is 18.2 Å². The average Bonchev–Trinajstić information content (AvgIpc) is 2.97. The molecule has 0 aliphatic carbocycles. The predicted molar refractivity (Wildman–Crippen MR) is 143 cm³/mol. The van der Waals surface area contributed by atoms with Crippen LogP contribution in [0.15, 0.2) is 66.7 Å². The van der Waals surface area contributed by atoms with Gasteiger partial charge in [0.2, 0.25) is 5.95 Å². The van der Waals surface area contributed by atoms with E-state index < -0.39 is 5.97 Å². The van der Waals surface area contributed by atoms with Gasteiger partial charge in [0.25, 0.3) is 5.91 Å². The molecule has 1 aliphatic heterocycles. The summed E-state index contributed by atoms with van der Waals surface area (Å²) in [5.41, 5.74) is 7.86. The average molecular weight is 514 g/mol. The van der Waals surface area contributed by atoms with Crippen LogP contribution >= 0.6 is 0 Å². The van der Waals surface area contributed by atoms with Crippen molar-refractivity contribution in [2.45, 2.75) is 0 Å². The van der Waals surface area contributed by atoms with E-state index >= 15 is 0 Å². The Morgan fingerprint density at radius 2 is 1.47 bits per heavy atom. The van der Waals surface area contributed by atoms with E-state index in [4.69, 9.17) is 19.9 Å². The molecule has 1 fully saturated rings. The first-order chi connectivity index (χ1) is 18.5. The van der Waals surface area contributed by atoms with Gasteiger partial charge in [0.05, 0.1) is 25.3 Å². The van der Waals surface area contributed by atoms with Gasteiger partial charge >= 0.3 is 5.97 Å². The lowest BCUT2D eigenvalue weighted by Gasteiger charge is -2.35. The Morgan fingerprint density at radius 3 is 2.13 bits per heavy atom. The minimum absolute atomic E-state index is 0.0960. The number of rotatable bonds is 6. The molecule has 0 spiro atoms. The first kappa shape index (κ1) is 24.8. The van der Waals surface area contributed by atoms with Gasteiger partial charge in [0, 0.05) is 43.2 Å². The van der Waals surface area contributed by atoms with Gasteiger partial charge in [0.15, 0.2) is 11.5 Å². The fourth-order valence-corrected chi connectivity index (χ4v) is 4.31. The molecule has 38 heavy (non-hydrogen) atoms. The minimum atomic E-state index is -0.449. The topological polar surface area (TPSA) is 120 Å². The van der Waals surface area contributed by atoms with Crippen molar-refractivity contribution in [2.24, 2.45) is 0 Å². The molecule has 0 atom stereocenters. The predicted octanol–water partition coefficient (Wildman–Crippen LogP) is 3.41. The number of nitrogens with zero attached hydrogens (tertiary/aromatic N) is 4. The number of amides is 1. The highest BCUT2D eigenvalue weighted by molar-refractivity contribution is 5.95. The lowest BCUT2D eigenvalue weighted by atomic mass is 10.1. The van der Waals surface area contributed by atoms with Crippen LogP contribution in [0.25, 0.3) is 10.9 Å². The van der Waals surface area contributed by atoms with Crippen LogP contribution in [0, 0.1) is 0 Å². The number of nitrogen functional groups attached to an aromatic ring is 1. The van der Waals surface area contributed by atoms with Crippen LogP contribution in [0.3, 0.4) is 0 Å². The number of nitrogens with two attached hydrogens (primary N) is 1. The molecule has 4 aromatic rings. The summed E-state index contributed by atoms with van der Waals surface area (Å²) in [6, 6.07) is 18.9. The molecule has 0 unspecified atom stereocenters. The zero-order valence-corrected chi connectivity index (χ0v) is 21.1. The standard InChI is InChI=1S/C28H27N5O5/c1-36-23-16-21-22(17-24(23)37-2)30-28(31-25(21)29)33-14-12-32(13-15-33)26(34)18-8-10-20(11-9-18)38-27(35)19-6-4-3-5-7-19/h3-11,16-17H,12-15H2,1-2H3,(H2,29,30,31). The summed E-state index contributed by atoms with van der Waals surface area (Å²) in [4.78, 5) is 38.3. The van der Waals surface area contributed by atoms with Gasteiger partial charge in [-0.3, -0.25) is 4.79 Å². The third kappa shape index (κ3) is 5.01. The highest BCUT2D eigenvalue weighted by atomic mass is 16.5. The Bertz CT molecular complexity index is 1470. The van der Waals surface area contributed by atoms with E-state index in [9.17, 15) is 9.59 Å². The van der Waals surface area contributed by atoms with E-state index in [1.54, 1.807) is 79.8 Å². The molecule has 10 nitrogen and oxygen atoms in total. The molecule has 2 N–H and O–H groups in total. The van der Waals surface area contributed by atoms with Gasteiger partial charge in [-0.2, -0.15) is 4.98 Å². The maximum absolute atomic E-state index is 13.1.